The van der Waals surface area contributed by atoms with Gasteiger partial charge >= 0.3 is 12.0 Å². The Morgan fingerprint density at radius 1 is 1.19 bits per heavy atom. The summed E-state index contributed by atoms with van der Waals surface area (Å²) in [5.74, 6) is 0.512. The lowest BCUT2D eigenvalue weighted by Gasteiger charge is -2.26. The molecule has 1 heterocycles. The molecule has 3 rings (SSSR count). The Morgan fingerprint density at radius 2 is 1.92 bits per heavy atom. The number of urea groups is 1. The number of nitrogens with one attached hydrogen (secondary N) is 2. The number of aliphatic carboxylic acids is 1. The number of rotatable bonds is 4. The molecule has 0 unspecified atom stereocenters. The second kappa shape index (κ2) is 7.55. The molecule has 1 aliphatic carbocycles. The van der Waals surface area contributed by atoms with Crippen LogP contribution in [0.15, 0.2) is 24.3 Å². The van der Waals surface area contributed by atoms with Gasteiger partial charge in [-0.25, -0.2) is 4.79 Å². The number of aromatic nitrogens is 3. The van der Waals surface area contributed by atoms with Gasteiger partial charge in [-0.2, -0.15) is 0 Å². The zero-order chi connectivity index (χ0) is 18.7. The maximum absolute atomic E-state index is 12.2. The Labute approximate surface area is 151 Å². The quantitative estimate of drug-likeness (QED) is 0.779. The van der Waals surface area contributed by atoms with Gasteiger partial charge in [-0.3, -0.25) is 4.79 Å². The Bertz CT molecular complexity index is 809. The molecule has 1 saturated carbocycles. The molecule has 8 nitrogen and oxygen atoms in total. The van der Waals surface area contributed by atoms with E-state index in [0.29, 0.717) is 31.4 Å². The van der Waals surface area contributed by atoms with Gasteiger partial charge in [-0.1, -0.05) is 12.1 Å². The summed E-state index contributed by atoms with van der Waals surface area (Å²) in [6.07, 6.45) is 2.56. The van der Waals surface area contributed by atoms with E-state index in [1.165, 1.54) is 0 Å². The van der Waals surface area contributed by atoms with Crippen molar-refractivity contribution in [2.75, 3.05) is 5.32 Å². The molecule has 0 atom stereocenters. The summed E-state index contributed by atoms with van der Waals surface area (Å²) >= 11 is 0. The third-order valence-electron chi connectivity index (χ3n) is 4.88. The van der Waals surface area contributed by atoms with Crippen LogP contribution >= 0.6 is 0 Å². The van der Waals surface area contributed by atoms with E-state index in [0.717, 1.165) is 17.2 Å². The first-order valence-corrected chi connectivity index (χ1v) is 8.71. The summed E-state index contributed by atoms with van der Waals surface area (Å²) < 4.78 is 1.89. The number of anilines is 1. The van der Waals surface area contributed by atoms with Crippen molar-refractivity contribution in [2.24, 2.45) is 13.0 Å². The van der Waals surface area contributed by atoms with E-state index in [9.17, 15) is 9.59 Å². The molecule has 1 aliphatic rings. The van der Waals surface area contributed by atoms with Crippen LogP contribution in [0.5, 0.6) is 0 Å². The first-order valence-electron chi connectivity index (χ1n) is 8.71. The Kier molecular flexibility index (Phi) is 5.20. The molecule has 138 valence electrons. The topological polar surface area (TPSA) is 109 Å². The van der Waals surface area contributed by atoms with Gasteiger partial charge in [-0.15, -0.1) is 10.2 Å². The first kappa shape index (κ1) is 17.9. The molecular weight excluding hydrogens is 334 g/mol. The SMILES string of the molecule is Cc1nnc(-c2cccc(NC(=O)NC3CCC(C(=O)O)CC3)c2)n1C. The number of benzene rings is 1. The Hall–Kier alpha value is -2.90. The highest BCUT2D eigenvalue weighted by atomic mass is 16.4. The zero-order valence-electron chi connectivity index (χ0n) is 14.9. The maximum atomic E-state index is 12.2. The zero-order valence-corrected chi connectivity index (χ0v) is 14.9. The van der Waals surface area contributed by atoms with Crippen molar-refractivity contribution in [1.82, 2.24) is 20.1 Å². The molecule has 0 bridgehead atoms. The minimum absolute atomic E-state index is 0.00942. The fourth-order valence-corrected chi connectivity index (χ4v) is 3.23. The van der Waals surface area contributed by atoms with Gasteiger partial charge in [0.1, 0.15) is 5.82 Å². The first-order chi connectivity index (χ1) is 12.4. The fourth-order valence-electron chi connectivity index (χ4n) is 3.23. The number of aryl methyl sites for hydroxylation is 1. The summed E-state index contributed by atoms with van der Waals surface area (Å²) in [6.45, 7) is 1.88. The van der Waals surface area contributed by atoms with E-state index in [-0.39, 0.29) is 18.0 Å². The van der Waals surface area contributed by atoms with E-state index in [1.54, 1.807) is 0 Å². The molecular formula is C18H23N5O3. The van der Waals surface area contributed by atoms with Gasteiger partial charge in [-0.05, 0) is 44.7 Å². The number of hydrogen-bond acceptors (Lipinski definition) is 4. The molecule has 0 saturated heterocycles. The van der Waals surface area contributed by atoms with Crippen LogP contribution in [-0.2, 0) is 11.8 Å². The molecule has 8 heteroatoms. The van der Waals surface area contributed by atoms with Crippen LogP contribution in [0, 0.1) is 12.8 Å². The van der Waals surface area contributed by atoms with Crippen molar-refractivity contribution < 1.29 is 14.7 Å². The van der Waals surface area contributed by atoms with Crippen LogP contribution in [0.3, 0.4) is 0 Å². The molecule has 0 radical (unpaired) electrons. The molecule has 0 spiro atoms. The second-order valence-corrected chi connectivity index (χ2v) is 6.70. The van der Waals surface area contributed by atoms with E-state index in [4.69, 9.17) is 5.11 Å². The molecule has 2 aromatic rings. The fraction of sp³-hybridized carbons (Fsp3) is 0.444. The second-order valence-electron chi connectivity index (χ2n) is 6.70. The summed E-state index contributed by atoms with van der Waals surface area (Å²) in [7, 11) is 1.89. The van der Waals surface area contributed by atoms with Crippen LogP contribution in [0.1, 0.15) is 31.5 Å². The molecule has 26 heavy (non-hydrogen) atoms. The lowest BCUT2D eigenvalue weighted by Crippen LogP contribution is -2.40. The van der Waals surface area contributed by atoms with E-state index in [1.807, 2.05) is 42.8 Å². The number of carbonyl (C=O) groups excluding carboxylic acids is 1. The summed E-state index contributed by atoms with van der Waals surface area (Å²) in [6, 6.07) is 7.16. The van der Waals surface area contributed by atoms with E-state index in [2.05, 4.69) is 20.8 Å². The predicted octanol–water partition coefficient (Wildman–Crippen LogP) is 2.56. The average molecular weight is 357 g/mol. The summed E-state index contributed by atoms with van der Waals surface area (Å²) in [4.78, 5) is 23.2. The minimum Gasteiger partial charge on any atom is -0.481 e. The van der Waals surface area contributed by atoms with Crippen molar-refractivity contribution in [2.45, 2.75) is 38.6 Å². The highest BCUT2D eigenvalue weighted by Gasteiger charge is 2.26. The molecule has 1 aromatic carbocycles. The van der Waals surface area contributed by atoms with Crippen molar-refractivity contribution in [3.63, 3.8) is 0 Å². The van der Waals surface area contributed by atoms with Crippen LogP contribution in [0.4, 0.5) is 10.5 Å². The normalized spacial score (nSPS) is 19.8. The minimum atomic E-state index is -0.747. The molecule has 0 aliphatic heterocycles. The van der Waals surface area contributed by atoms with Gasteiger partial charge in [0.25, 0.3) is 0 Å². The van der Waals surface area contributed by atoms with Crippen LogP contribution in [0.2, 0.25) is 0 Å². The van der Waals surface area contributed by atoms with Gasteiger partial charge in [0, 0.05) is 24.3 Å². The van der Waals surface area contributed by atoms with E-state index < -0.39 is 5.97 Å². The number of amides is 2. The number of hydrogen-bond donors (Lipinski definition) is 3. The lowest BCUT2D eigenvalue weighted by atomic mass is 9.86. The number of carboxylic acid groups (broad SMARTS) is 1. The molecule has 1 fully saturated rings. The standard InChI is InChI=1S/C18H23N5O3/c1-11-21-22-16(23(11)2)13-4-3-5-15(10-13)20-18(26)19-14-8-6-12(7-9-14)17(24)25/h3-5,10,12,14H,6-9H2,1-2H3,(H,24,25)(H2,19,20,26). The van der Waals surface area contributed by atoms with Gasteiger partial charge < -0.3 is 20.3 Å². The number of nitrogens with zero attached hydrogens (tertiary/aromatic N) is 3. The highest BCUT2D eigenvalue weighted by molar-refractivity contribution is 5.90. The number of carboxylic acids is 1. The Morgan fingerprint density at radius 3 is 2.54 bits per heavy atom. The third-order valence-corrected chi connectivity index (χ3v) is 4.88. The molecule has 2 amide bonds. The third kappa shape index (κ3) is 4.01. The monoisotopic (exact) mass is 357 g/mol. The van der Waals surface area contributed by atoms with Gasteiger partial charge in [0.2, 0.25) is 0 Å². The average Bonchev–Trinajstić information content (AvgIpc) is 2.94. The predicted molar refractivity (Wildman–Crippen MR) is 96.7 cm³/mol. The lowest BCUT2D eigenvalue weighted by molar-refractivity contribution is -0.142. The van der Waals surface area contributed by atoms with E-state index >= 15 is 0 Å². The van der Waals surface area contributed by atoms with Gasteiger partial charge in [0.15, 0.2) is 5.82 Å². The van der Waals surface area contributed by atoms with Crippen LogP contribution < -0.4 is 10.6 Å². The summed E-state index contributed by atoms with van der Waals surface area (Å²) in [5, 5.41) is 23.0. The van der Waals surface area contributed by atoms with Crippen LogP contribution in [-0.4, -0.2) is 37.9 Å². The van der Waals surface area contributed by atoms with Crippen molar-refractivity contribution in [3.05, 3.63) is 30.1 Å². The number of carbonyl (C=O) groups is 2. The molecule has 3 N–H and O–H groups in total. The van der Waals surface area contributed by atoms with Crippen LogP contribution in [0.25, 0.3) is 11.4 Å². The Balaban J connectivity index is 1.59. The summed E-state index contributed by atoms with van der Waals surface area (Å²) in [5.41, 5.74) is 1.53. The van der Waals surface area contributed by atoms with Crippen molar-refractivity contribution in [3.8, 4) is 11.4 Å². The molecule has 1 aromatic heterocycles. The smallest absolute Gasteiger partial charge is 0.319 e. The highest BCUT2D eigenvalue weighted by Crippen LogP contribution is 2.25. The van der Waals surface area contributed by atoms with Crippen molar-refractivity contribution >= 4 is 17.7 Å². The largest absolute Gasteiger partial charge is 0.481 e. The van der Waals surface area contributed by atoms with Gasteiger partial charge in [0.05, 0.1) is 5.92 Å². The van der Waals surface area contributed by atoms with Crippen molar-refractivity contribution in [1.29, 1.82) is 0 Å². The maximum Gasteiger partial charge on any atom is 0.319 e.